The van der Waals surface area contributed by atoms with Gasteiger partial charge in [-0.05, 0) is 25.5 Å². The smallest absolute Gasteiger partial charge is 0.306 e. The van der Waals surface area contributed by atoms with Crippen LogP contribution in [0.5, 0.6) is 0 Å². The van der Waals surface area contributed by atoms with E-state index in [-0.39, 0.29) is 6.04 Å². The molecule has 1 aliphatic carbocycles. The second kappa shape index (κ2) is 4.55. The monoisotopic (exact) mass is 213 g/mol. The molecule has 1 saturated carbocycles. The minimum absolute atomic E-state index is 0.0686. The lowest BCUT2D eigenvalue weighted by Gasteiger charge is -2.14. The molecular weight excluding hydrogens is 199 g/mol. The van der Waals surface area contributed by atoms with Gasteiger partial charge >= 0.3 is 6.18 Å². The quantitative estimate of drug-likeness (QED) is 0.772. The molecule has 0 spiro atoms. The van der Waals surface area contributed by atoms with E-state index >= 15 is 0 Å². The number of halogens is 3. The standard InChI is InChI=1S/C8H14F3NS/c1-13-7-3-2-6(4-7)12-5-8(9,10)11/h6-7,12H,2-5H2,1H3. The van der Waals surface area contributed by atoms with Crippen LogP contribution in [0.1, 0.15) is 19.3 Å². The van der Waals surface area contributed by atoms with Gasteiger partial charge in [-0.3, -0.25) is 0 Å². The van der Waals surface area contributed by atoms with Crippen LogP contribution in [0.4, 0.5) is 13.2 Å². The number of alkyl halides is 3. The second-order valence-corrected chi connectivity index (χ2v) is 4.50. The van der Waals surface area contributed by atoms with Crippen LogP contribution in [0.3, 0.4) is 0 Å². The van der Waals surface area contributed by atoms with Gasteiger partial charge in [0.2, 0.25) is 0 Å². The van der Waals surface area contributed by atoms with Crippen molar-refractivity contribution in [2.45, 2.75) is 36.7 Å². The highest BCUT2D eigenvalue weighted by Gasteiger charge is 2.30. The molecule has 1 nitrogen and oxygen atoms in total. The largest absolute Gasteiger partial charge is 0.401 e. The molecule has 2 unspecified atom stereocenters. The second-order valence-electron chi connectivity index (χ2n) is 3.36. The Morgan fingerprint density at radius 1 is 1.38 bits per heavy atom. The molecule has 5 heteroatoms. The lowest BCUT2D eigenvalue weighted by molar-refractivity contribution is -0.126. The van der Waals surface area contributed by atoms with Gasteiger partial charge in [-0.15, -0.1) is 0 Å². The summed E-state index contributed by atoms with van der Waals surface area (Å²) in [6.45, 7) is -0.848. The van der Waals surface area contributed by atoms with Crippen LogP contribution in [0, 0.1) is 0 Å². The van der Waals surface area contributed by atoms with Crippen LogP contribution in [0.15, 0.2) is 0 Å². The molecule has 1 rings (SSSR count). The molecule has 0 aromatic heterocycles. The van der Waals surface area contributed by atoms with E-state index in [0.29, 0.717) is 5.25 Å². The van der Waals surface area contributed by atoms with Crippen molar-refractivity contribution in [3.8, 4) is 0 Å². The first kappa shape index (κ1) is 11.2. The Labute approximate surface area is 80.5 Å². The molecule has 0 bridgehead atoms. The Hall–Kier alpha value is 0.100. The van der Waals surface area contributed by atoms with Gasteiger partial charge in [0.05, 0.1) is 6.54 Å². The van der Waals surface area contributed by atoms with E-state index in [1.165, 1.54) is 0 Å². The summed E-state index contributed by atoms with van der Waals surface area (Å²) in [5, 5.41) is 3.09. The summed E-state index contributed by atoms with van der Waals surface area (Å²) in [4.78, 5) is 0. The predicted molar refractivity (Wildman–Crippen MR) is 49.0 cm³/mol. The molecule has 78 valence electrons. The van der Waals surface area contributed by atoms with Crippen molar-refractivity contribution in [3.05, 3.63) is 0 Å². The lowest BCUT2D eigenvalue weighted by atomic mass is 10.2. The Balaban J connectivity index is 2.17. The summed E-state index contributed by atoms with van der Waals surface area (Å²) in [6.07, 6.45) is 0.726. The minimum Gasteiger partial charge on any atom is -0.306 e. The summed E-state index contributed by atoms with van der Waals surface area (Å²) in [6, 6.07) is 0.0686. The minimum atomic E-state index is -4.07. The number of rotatable bonds is 3. The Kier molecular flexibility index (Phi) is 3.91. The fourth-order valence-electron chi connectivity index (χ4n) is 1.60. The molecule has 1 fully saturated rings. The molecule has 0 radical (unpaired) electrons. The first-order valence-electron chi connectivity index (χ1n) is 4.34. The topological polar surface area (TPSA) is 12.0 Å². The number of hydrogen-bond acceptors (Lipinski definition) is 2. The normalized spacial score (nSPS) is 29.5. The molecule has 0 aliphatic heterocycles. The third-order valence-corrected chi connectivity index (χ3v) is 3.40. The van der Waals surface area contributed by atoms with E-state index in [2.05, 4.69) is 5.32 Å². The average molecular weight is 213 g/mol. The summed E-state index contributed by atoms with van der Waals surface area (Å²) in [5.41, 5.74) is 0. The molecule has 2 atom stereocenters. The highest BCUT2D eigenvalue weighted by atomic mass is 32.2. The zero-order chi connectivity index (χ0) is 9.90. The van der Waals surface area contributed by atoms with Crippen LogP contribution >= 0.6 is 11.8 Å². The molecule has 0 aromatic rings. The molecular formula is C8H14F3NS. The van der Waals surface area contributed by atoms with Crippen LogP contribution in [0.25, 0.3) is 0 Å². The number of hydrogen-bond donors (Lipinski definition) is 1. The van der Waals surface area contributed by atoms with E-state index in [0.717, 1.165) is 19.3 Å². The fraction of sp³-hybridized carbons (Fsp3) is 1.00. The first-order chi connectivity index (χ1) is 6.01. The van der Waals surface area contributed by atoms with Gasteiger partial charge in [0.25, 0.3) is 0 Å². The van der Waals surface area contributed by atoms with E-state index < -0.39 is 12.7 Å². The van der Waals surface area contributed by atoms with Gasteiger partial charge in [0, 0.05) is 11.3 Å². The Bertz CT molecular complexity index is 160. The van der Waals surface area contributed by atoms with Crippen molar-refractivity contribution in [2.24, 2.45) is 0 Å². The van der Waals surface area contributed by atoms with Crippen LogP contribution in [-0.4, -0.2) is 30.3 Å². The van der Waals surface area contributed by atoms with Crippen LogP contribution in [-0.2, 0) is 0 Å². The van der Waals surface area contributed by atoms with E-state index in [9.17, 15) is 13.2 Å². The first-order valence-corrected chi connectivity index (χ1v) is 5.63. The number of nitrogens with one attached hydrogen (secondary N) is 1. The Morgan fingerprint density at radius 2 is 2.08 bits per heavy atom. The summed E-state index contributed by atoms with van der Waals surface area (Å²) in [7, 11) is 0. The van der Waals surface area contributed by atoms with Crippen molar-refractivity contribution < 1.29 is 13.2 Å². The third kappa shape index (κ3) is 4.22. The van der Waals surface area contributed by atoms with Crippen LogP contribution in [0.2, 0.25) is 0 Å². The van der Waals surface area contributed by atoms with Gasteiger partial charge in [0.1, 0.15) is 0 Å². The highest BCUT2D eigenvalue weighted by molar-refractivity contribution is 7.99. The SMILES string of the molecule is CSC1CCC(NCC(F)(F)F)C1. The van der Waals surface area contributed by atoms with Crippen LogP contribution < -0.4 is 5.32 Å². The highest BCUT2D eigenvalue weighted by Crippen LogP contribution is 2.28. The van der Waals surface area contributed by atoms with Crippen molar-refractivity contribution in [1.29, 1.82) is 0 Å². The van der Waals surface area contributed by atoms with Gasteiger partial charge in [-0.25, -0.2) is 0 Å². The molecule has 0 saturated heterocycles. The van der Waals surface area contributed by atoms with E-state index in [1.807, 2.05) is 6.26 Å². The van der Waals surface area contributed by atoms with Gasteiger partial charge in [0.15, 0.2) is 0 Å². The molecule has 0 amide bonds. The molecule has 0 aromatic carbocycles. The number of thioether (sulfide) groups is 1. The van der Waals surface area contributed by atoms with Crippen molar-refractivity contribution in [3.63, 3.8) is 0 Å². The maximum absolute atomic E-state index is 11.8. The molecule has 1 N–H and O–H groups in total. The summed E-state index contributed by atoms with van der Waals surface area (Å²) < 4.78 is 35.5. The maximum atomic E-state index is 11.8. The zero-order valence-electron chi connectivity index (χ0n) is 7.53. The summed E-state index contributed by atoms with van der Waals surface area (Å²) >= 11 is 1.75. The zero-order valence-corrected chi connectivity index (χ0v) is 8.34. The maximum Gasteiger partial charge on any atom is 0.401 e. The van der Waals surface area contributed by atoms with Gasteiger partial charge < -0.3 is 5.32 Å². The van der Waals surface area contributed by atoms with Gasteiger partial charge in [-0.2, -0.15) is 24.9 Å². The molecule has 0 heterocycles. The summed E-state index contributed by atoms with van der Waals surface area (Å²) in [5.74, 6) is 0. The third-order valence-electron chi connectivity index (χ3n) is 2.31. The van der Waals surface area contributed by atoms with E-state index in [4.69, 9.17) is 0 Å². The molecule has 1 aliphatic rings. The fourth-order valence-corrected chi connectivity index (χ4v) is 2.40. The van der Waals surface area contributed by atoms with Crippen molar-refractivity contribution in [2.75, 3.05) is 12.8 Å². The van der Waals surface area contributed by atoms with Crippen molar-refractivity contribution >= 4 is 11.8 Å². The Morgan fingerprint density at radius 3 is 2.54 bits per heavy atom. The lowest BCUT2D eigenvalue weighted by Crippen LogP contribution is -2.35. The van der Waals surface area contributed by atoms with E-state index in [1.54, 1.807) is 11.8 Å². The predicted octanol–water partition coefficient (Wildman–Crippen LogP) is 2.42. The molecule has 13 heavy (non-hydrogen) atoms. The van der Waals surface area contributed by atoms with Crippen molar-refractivity contribution in [1.82, 2.24) is 5.32 Å². The van der Waals surface area contributed by atoms with Gasteiger partial charge in [-0.1, -0.05) is 0 Å². The average Bonchev–Trinajstić information content (AvgIpc) is 2.47.